The van der Waals surface area contributed by atoms with Crippen molar-refractivity contribution in [1.29, 1.82) is 0 Å². The summed E-state index contributed by atoms with van der Waals surface area (Å²) >= 11 is 0. The molecule has 2 unspecified atom stereocenters. The number of aliphatic hydroxyl groups excluding tert-OH is 1. The van der Waals surface area contributed by atoms with Crippen molar-refractivity contribution in [2.24, 2.45) is 5.92 Å². The van der Waals surface area contributed by atoms with Crippen molar-refractivity contribution in [1.82, 2.24) is 0 Å². The number of hydrogen-bond donors (Lipinski definition) is 2. The first-order chi connectivity index (χ1) is 8.81. The summed E-state index contributed by atoms with van der Waals surface area (Å²) in [6, 6.07) is 8.77. The van der Waals surface area contributed by atoms with E-state index in [9.17, 15) is 0 Å². The Morgan fingerprint density at radius 2 is 1.89 bits per heavy atom. The molecule has 18 heavy (non-hydrogen) atoms. The van der Waals surface area contributed by atoms with E-state index >= 15 is 0 Å². The highest BCUT2D eigenvalue weighted by molar-refractivity contribution is 5.45. The van der Waals surface area contributed by atoms with Crippen LogP contribution in [0.2, 0.25) is 0 Å². The van der Waals surface area contributed by atoms with Crippen molar-refractivity contribution in [3.8, 4) is 0 Å². The average molecular weight is 247 g/mol. The van der Waals surface area contributed by atoms with Crippen LogP contribution in [-0.2, 0) is 6.61 Å². The minimum atomic E-state index is 0.127. The van der Waals surface area contributed by atoms with Crippen LogP contribution in [0.4, 0.5) is 5.69 Å². The lowest BCUT2D eigenvalue weighted by molar-refractivity contribution is 0.282. The smallest absolute Gasteiger partial charge is 0.0681 e. The molecule has 100 valence electrons. The predicted molar refractivity (Wildman–Crippen MR) is 76.6 cm³/mol. The second-order valence-corrected chi connectivity index (χ2v) is 5.48. The molecular weight excluding hydrogens is 222 g/mol. The molecule has 1 fully saturated rings. The monoisotopic (exact) mass is 247 g/mol. The van der Waals surface area contributed by atoms with Crippen molar-refractivity contribution >= 4 is 5.69 Å². The largest absolute Gasteiger partial charge is 0.392 e. The summed E-state index contributed by atoms with van der Waals surface area (Å²) in [5.74, 6) is 0.938. The summed E-state index contributed by atoms with van der Waals surface area (Å²) < 4.78 is 0. The molecule has 2 heteroatoms. The third-order valence-electron chi connectivity index (χ3n) is 4.17. The van der Waals surface area contributed by atoms with E-state index < -0.39 is 0 Å². The van der Waals surface area contributed by atoms with Gasteiger partial charge >= 0.3 is 0 Å². The number of benzene rings is 1. The SMILES string of the molecule is CCC1CCCC(Nc2ccc(CO)cc2)CC1. The molecule has 0 saturated heterocycles. The minimum absolute atomic E-state index is 0.127. The van der Waals surface area contributed by atoms with Crippen LogP contribution < -0.4 is 5.32 Å². The lowest BCUT2D eigenvalue weighted by atomic mass is 9.98. The van der Waals surface area contributed by atoms with Gasteiger partial charge in [-0.2, -0.15) is 0 Å². The molecule has 1 aliphatic carbocycles. The van der Waals surface area contributed by atoms with Gasteiger partial charge in [0.05, 0.1) is 6.61 Å². The van der Waals surface area contributed by atoms with Crippen molar-refractivity contribution in [2.45, 2.75) is 58.1 Å². The number of aliphatic hydroxyl groups is 1. The van der Waals surface area contributed by atoms with E-state index in [4.69, 9.17) is 5.11 Å². The lowest BCUT2D eigenvalue weighted by Gasteiger charge is -2.18. The molecule has 0 aliphatic heterocycles. The minimum Gasteiger partial charge on any atom is -0.392 e. The molecule has 2 rings (SSSR count). The molecule has 2 atom stereocenters. The van der Waals surface area contributed by atoms with Gasteiger partial charge < -0.3 is 10.4 Å². The van der Waals surface area contributed by atoms with Gasteiger partial charge in [-0.25, -0.2) is 0 Å². The quantitative estimate of drug-likeness (QED) is 0.790. The van der Waals surface area contributed by atoms with Crippen molar-refractivity contribution < 1.29 is 5.11 Å². The van der Waals surface area contributed by atoms with Gasteiger partial charge in [-0.15, -0.1) is 0 Å². The molecule has 0 heterocycles. The molecule has 0 radical (unpaired) electrons. The molecule has 0 aromatic heterocycles. The summed E-state index contributed by atoms with van der Waals surface area (Å²) in [5.41, 5.74) is 2.17. The molecule has 1 saturated carbocycles. The number of anilines is 1. The molecule has 0 spiro atoms. The van der Waals surface area contributed by atoms with Gasteiger partial charge in [-0.05, 0) is 42.9 Å². The fourth-order valence-electron chi connectivity index (χ4n) is 2.87. The zero-order valence-electron chi connectivity index (χ0n) is 11.4. The number of rotatable bonds is 4. The van der Waals surface area contributed by atoms with Gasteiger partial charge in [-0.1, -0.05) is 38.3 Å². The van der Waals surface area contributed by atoms with Crippen molar-refractivity contribution in [2.75, 3.05) is 5.32 Å². The Balaban J connectivity index is 1.88. The summed E-state index contributed by atoms with van der Waals surface area (Å²) in [6.45, 7) is 2.44. The fourth-order valence-corrected chi connectivity index (χ4v) is 2.87. The molecule has 0 bridgehead atoms. The third-order valence-corrected chi connectivity index (χ3v) is 4.17. The maximum atomic E-state index is 9.02. The van der Waals surface area contributed by atoms with Gasteiger partial charge in [0.25, 0.3) is 0 Å². The van der Waals surface area contributed by atoms with Gasteiger partial charge in [-0.3, -0.25) is 0 Å². The highest BCUT2D eigenvalue weighted by Crippen LogP contribution is 2.27. The van der Waals surface area contributed by atoms with Crippen molar-refractivity contribution in [3.05, 3.63) is 29.8 Å². The second kappa shape index (κ2) is 6.79. The van der Waals surface area contributed by atoms with Crippen LogP contribution in [0.25, 0.3) is 0 Å². The maximum absolute atomic E-state index is 9.02. The summed E-state index contributed by atoms with van der Waals surface area (Å²) in [4.78, 5) is 0. The first-order valence-electron chi connectivity index (χ1n) is 7.28. The highest BCUT2D eigenvalue weighted by atomic mass is 16.3. The average Bonchev–Trinajstić information content (AvgIpc) is 2.65. The van der Waals surface area contributed by atoms with Gasteiger partial charge in [0.1, 0.15) is 0 Å². The zero-order valence-corrected chi connectivity index (χ0v) is 11.4. The molecule has 1 aromatic rings. The Kier molecular flexibility index (Phi) is 5.06. The zero-order chi connectivity index (χ0) is 12.8. The van der Waals surface area contributed by atoms with E-state index in [1.165, 1.54) is 44.2 Å². The molecule has 2 N–H and O–H groups in total. The molecular formula is C16H25NO. The predicted octanol–water partition coefficient (Wildman–Crippen LogP) is 3.95. The molecule has 0 amide bonds. The lowest BCUT2D eigenvalue weighted by Crippen LogP contribution is -2.18. The Labute approximate surface area is 110 Å². The third kappa shape index (κ3) is 3.74. The van der Waals surface area contributed by atoms with Crippen LogP contribution in [0.3, 0.4) is 0 Å². The second-order valence-electron chi connectivity index (χ2n) is 5.48. The van der Waals surface area contributed by atoms with Crippen LogP contribution in [0, 0.1) is 5.92 Å². The molecule has 2 nitrogen and oxygen atoms in total. The van der Waals surface area contributed by atoms with Crippen LogP contribution in [-0.4, -0.2) is 11.1 Å². The van der Waals surface area contributed by atoms with E-state index in [2.05, 4.69) is 24.4 Å². The van der Waals surface area contributed by atoms with Crippen LogP contribution in [0.1, 0.15) is 51.0 Å². The molecule has 1 aliphatic rings. The van der Waals surface area contributed by atoms with Gasteiger partial charge in [0.2, 0.25) is 0 Å². The maximum Gasteiger partial charge on any atom is 0.0681 e. The summed E-state index contributed by atoms with van der Waals surface area (Å²) in [5, 5.41) is 12.7. The van der Waals surface area contributed by atoms with E-state index in [1.807, 2.05) is 12.1 Å². The van der Waals surface area contributed by atoms with Gasteiger partial charge in [0.15, 0.2) is 0 Å². The Bertz CT molecular complexity index is 347. The normalized spacial score (nSPS) is 24.6. The van der Waals surface area contributed by atoms with Crippen LogP contribution in [0.15, 0.2) is 24.3 Å². The topological polar surface area (TPSA) is 32.3 Å². The highest BCUT2D eigenvalue weighted by Gasteiger charge is 2.17. The van der Waals surface area contributed by atoms with Gasteiger partial charge in [0, 0.05) is 11.7 Å². The Morgan fingerprint density at radius 1 is 1.11 bits per heavy atom. The first kappa shape index (κ1) is 13.4. The van der Waals surface area contributed by atoms with Crippen LogP contribution in [0.5, 0.6) is 0 Å². The number of nitrogens with one attached hydrogen (secondary N) is 1. The molecule has 1 aromatic carbocycles. The Morgan fingerprint density at radius 3 is 2.56 bits per heavy atom. The van der Waals surface area contributed by atoms with Crippen molar-refractivity contribution in [3.63, 3.8) is 0 Å². The van der Waals surface area contributed by atoms with Crippen LogP contribution >= 0.6 is 0 Å². The fraction of sp³-hybridized carbons (Fsp3) is 0.625. The Hall–Kier alpha value is -1.02. The summed E-state index contributed by atoms with van der Waals surface area (Å²) in [6.07, 6.45) is 8.03. The van der Waals surface area contributed by atoms with E-state index in [-0.39, 0.29) is 6.61 Å². The van der Waals surface area contributed by atoms with E-state index in [1.54, 1.807) is 0 Å². The summed E-state index contributed by atoms with van der Waals surface area (Å²) in [7, 11) is 0. The van der Waals surface area contributed by atoms with E-state index in [0.29, 0.717) is 6.04 Å². The first-order valence-corrected chi connectivity index (χ1v) is 7.28. The standard InChI is InChI=1S/C16H25NO/c1-2-13-4-3-5-15(9-6-13)17-16-10-7-14(12-18)8-11-16/h7-8,10-11,13,15,17-18H,2-6,9,12H2,1H3. The number of hydrogen-bond acceptors (Lipinski definition) is 2. The van der Waals surface area contributed by atoms with E-state index in [0.717, 1.165) is 11.5 Å².